The summed E-state index contributed by atoms with van der Waals surface area (Å²) >= 11 is 0. The lowest BCUT2D eigenvalue weighted by Crippen LogP contribution is -2.20. The van der Waals surface area contributed by atoms with E-state index in [1.54, 1.807) is 0 Å². The van der Waals surface area contributed by atoms with Crippen LogP contribution in [0.15, 0.2) is 36.5 Å². The highest BCUT2D eigenvalue weighted by Gasteiger charge is 2.15. The number of carbonyl (C=O) groups is 1. The summed E-state index contributed by atoms with van der Waals surface area (Å²) in [7, 11) is 0. The van der Waals surface area contributed by atoms with E-state index in [9.17, 15) is 4.79 Å². The van der Waals surface area contributed by atoms with E-state index in [1.165, 1.54) is 38.3 Å². The molecule has 2 aromatic rings. The number of nitrogens with zero attached hydrogens (tertiary/aromatic N) is 2. The second kappa shape index (κ2) is 7.77. The highest BCUT2D eigenvalue weighted by atomic mass is 16.1. The van der Waals surface area contributed by atoms with Gasteiger partial charge >= 0.3 is 0 Å². The van der Waals surface area contributed by atoms with Crippen molar-refractivity contribution >= 4 is 23.4 Å². The van der Waals surface area contributed by atoms with Crippen LogP contribution in [0.25, 0.3) is 0 Å². The minimum atomic E-state index is -0.549. The van der Waals surface area contributed by atoms with Crippen LogP contribution in [0, 0.1) is 5.92 Å². The first-order valence-electron chi connectivity index (χ1n) is 8.45. The number of nitrogens with two attached hydrogens (primary N) is 1. The Bertz CT molecular complexity index is 683. The molecule has 4 N–H and O–H groups in total. The molecule has 0 unspecified atom stereocenters. The lowest BCUT2D eigenvalue weighted by molar-refractivity contribution is 0.100. The number of hydrogen-bond donors (Lipinski definition) is 3. The second-order valence-electron chi connectivity index (χ2n) is 6.20. The molecule has 3 rings (SSSR count). The Morgan fingerprint density at radius 1 is 1.17 bits per heavy atom. The van der Waals surface area contributed by atoms with Crippen LogP contribution in [0.5, 0.6) is 0 Å². The fourth-order valence-corrected chi connectivity index (χ4v) is 3.03. The van der Waals surface area contributed by atoms with Crippen LogP contribution in [0.3, 0.4) is 0 Å². The van der Waals surface area contributed by atoms with Crippen molar-refractivity contribution < 1.29 is 4.79 Å². The quantitative estimate of drug-likeness (QED) is 0.757. The third-order valence-electron chi connectivity index (χ3n) is 4.36. The van der Waals surface area contributed by atoms with E-state index >= 15 is 0 Å². The van der Waals surface area contributed by atoms with Gasteiger partial charge in [0.1, 0.15) is 11.4 Å². The van der Waals surface area contributed by atoms with Crippen molar-refractivity contribution in [1.29, 1.82) is 0 Å². The first-order valence-corrected chi connectivity index (χ1v) is 8.45. The summed E-state index contributed by atoms with van der Waals surface area (Å²) in [5.74, 6) is 1.06. The van der Waals surface area contributed by atoms with E-state index in [4.69, 9.17) is 5.73 Å². The number of primary amides is 1. The zero-order valence-electron chi connectivity index (χ0n) is 13.7. The van der Waals surface area contributed by atoms with E-state index in [-0.39, 0.29) is 5.56 Å². The van der Waals surface area contributed by atoms with Gasteiger partial charge in [-0.2, -0.15) is 4.98 Å². The van der Waals surface area contributed by atoms with Gasteiger partial charge in [-0.25, -0.2) is 4.98 Å². The molecular formula is C18H23N5O. The lowest BCUT2D eigenvalue weighted by atomic mass is 9.89. The average molecular weight is 325 g/mol. The largest absolute Gasteiger partial charge is 0.365 e. The minimum Gasteiger partial charge on any atom is -0.365 e. The third-order valence-corrected chi connectivity index (χ3v) is 4.36. The van der Waals surface area contributed by atoms with Gasteiger partial charge in [0.15, 0.2) is 0 Å². The molecule has 1 aromatic heterocycles. The van der Waals surface area contributed by atoms with Crippen LogP contribution in [-0.4, -0.2) is 22.4 Å². The molecule has 1 amide bonds. The first-order chi connectivity index (χ1) is 11.7. The van der Waals surface area contributed by atoms with Crippen molar-refractivity contribution in [3.8, 4) is 0 Å². The summed E-state index contributed by atoms with van der Waals surface area (Å²) < 4.78 is 0. The van der Waals surface area contributed by atoms with Crippen molar-refractivity contribution in [3.63, 3.8) is 0 Å². The number of amides is 1. The molecule has 6 nitrogen and oxygen atoms in total. The van der Waals surface area contributed by atoms with Crippen LogP contribution >= 0.6 is 0 Å². The summed E-state index contributed by atoms with van der Waals surface area (Å²) in [6.45, 7) is 0.862. The first kappa shape index (κ1) is 16.2. The van der Waals surface area contributed by atoms with Gasteiger partial charge in [0.25, 0.3) is 5.91 Å². The molecule has 1 heterocycles. The molecule has 126 valence electrons. The van der Waals surface area contributed by atoms with Crippen LogP contribution in [0.2, 0.25) is 0 Å². The molecule has 0 aliphatic heterocycles. The standard InChI is InChI=1S/C18H23N5O/c19-16(24)15-12-21-18(20-11-13-7-3-1-4-8-13)23-17(15)22-14-9-5-2-6-10-14/h2,5-6,9-10,12-13H,1,3-4,7-8,11H2,(H2,19,24)(H2,20,21,22,23). The average Bonchev–Trinajstić information content (AvgIpc) is 2.62. The number of aromatic nitrogens is 2. The van der Waals surface area contributed by atoms with Crippen LogP contribution in [0.4, 0.5) is 17.5 Å². The fraction of sp³-hybridized carbons (Fsp3) is 0.389. The number of nitrogens with one attached hydrogen (secondary N) is 2. The summed E-state index contributed by atoms with van der Waals surface area (Å²) in [4.78, 5) is 20.3. The number of benzene rings is 1. The van der Waals surface area contributed by atoms with Crippen LogP contribution < -0.4 is 16.4 Å². The van der Waals surface area contributed by atoms with E-state index in [1.807, 2.05) is 30.3 Å². The van der Waals surface area contributed by atoms with Crippen molar-refractivity contribution in [1.82, 2.24) is 9.97 Å². The van der Waals surface area contributed by atoms with Gasteiger partial charge in [0, 0.05) is 18.4 Å². The Morgan fingerprint density at radius 2 is 1.92 bits per heavy atom. The van der Waals surface area contributed by atoms with E-state index < -0.39 is 5.91 Å². The van der Waals surface area contributed by atoms with Gasteiger partial charge in [0.2, 0.25) is 5.95 Å². The number of para-hydroxylation sites is 1. The zero-order valence-corrected chi connectivity index (χ0v) is 13.7. The van der Waals surface area contributed by atoms with E-state index in [0.717, 1.165) is 12.2 Å². The van der Waals surface area contributed by atoms with Gasteiger partial charge in [-0.15, -0.1) is 0 Å². The van der Waals surface area contributed by atoms with Crippen LogP contribution in [0.1, 0.15) is 42.5 Å². The van der Waals surface area contributed by atoms with Crippen molar-refractivity contribution in [3.05, 3.63) is 42.1 Å². The molecule has 0 radical (unpaired) electrons. The molecule has 1 fully saturated rings. The number of anilines is 3. The number of hydrogen-bond acceptors (Lipinski definition) is 5. The maximum absolute atomic E-state index is 11.6. The molecular weight excluding hydrogens is 302 g/mol. The molecule has 6 heteroatoms. The maximum atomic E-state index is 11.6. The normalized spacial score (nSPS) is 15.0. The summed E-state index contributed by atoms with van der Waals surface area (Å²) in [5.41, 5.74) is 6.55. The van der Waals surface area contributed by atoms with Gasteiger partial charge in [-0.05, 0) is 30.9 Å². The number of carbonyl (C=O) groups excluding carboxylic acids is 1. The lowest BCUT2D eigenvalue weighted by Gasteiger charge is -2.21. The molecule has 0 saturated heterocycles. The van der Waals surface area contributed by atoms with Crippen LogP contribution in [-0.2, 0) is 0 Å². The summed E-state index contributed by atoms with van der Waals surface area (Å²) in [5, 5.41) is 6.43. The second-order valence-corrected chi connectivity index (χ2v) is 6.20. The molecule has 24 heavy (non-hydrogen) atoms. The Balaban J connectivity index is 1.73. The summed E-state index contributed by atoms with van der Waals surface area (Å²) in [6.07, 6.45) is 7.92. The SMILES string of the molecule is NC(=O)c1cnc(NCC2CCCCC2)nc1Nc1ccccc1. The van der Waals surface area contributed by atoms with Crippen molar-refractivity contribution in [2.45, 2.75) is 32.1 Å². The Morgan fingerprint density at radius 3 is 2.62 bits per heavy atom. The Labute approximate surface area is 141 Å². The molecule has 1 aliphatic rings. The van der Waals surface area contributed by atoms with E-state index in [0.29, 0.717) is 17.7 Å². The third kappa shape index (κ3) is 4.22. The highest BCUT2D eigenvalue weighted by Crippen LogP contribution is 2.24. The molecule has 0 bridgehead atoms. The number of rotatable bonds is 6. The van der Waals surface area contributed by atoms with Gasteiger partial charge in [0.05, 0.1) is 0 Å². The zero-order chi connectivity index (χ0) is 16.8. The van der Waals surface area contributed by atoms with Gasteiger partial charge < -0.3 is 16.4 Å². The maximum Gasteiger partial charge on any atom is 0.254 e. The topological polar surface area (TPSA) is 92.9 Å². The fourth-order valence-electron chi connectivity index (χ4n) is 3.03. The summed E-state index contributed by atoms with van der Waals surface area (Å²) in [6, 6.07) is 9.56. The molecule has 1 saturated carbocycles. The molecule has 1 aliphatic carbocycles. The van der Waals surface area contributed by atoms with Crippen molar-refractivity contribution in [2.75, 3.05) is 17.2 Å². The Kier molecular flexibility index (Phi) is 5.25. The predicted molar refractivity (Wildman–Crippen MR) is 95.3 cm³/mol. The smallest absolute Gasteiger partial charge is 0.254 e. The van der Waals surface area contributed by atoms with Crippen molar-refractivity contribution in [2.24, 2.45) is 11.7 Å². The molecule has 0 atom stereocenters. The monoisotopic (exact) mass is 325 g/mol. The molecule has 0 spiro atoms. The minimum absolute atomic E-state index is 0.280. The van der Waals surface area contributed by atoms with Gasteiger partial charge in [-0.1, -0.05) is 37.5 Å². The highest BCUT2D eigenvalue weighted by molar-refractivity contribution is 5.98. The Hall–Kier alpha value is -2.63. The molecule has 1 aromatic carbocycles. The van der Waals surface area contributed by atoms with E-state index in [2.05, 4.69) is 20.6 Å². The van der Waals surface area contributed by atoms with Gasteiger partial charge in [-0.3, -0.25) is 4.79 Å². The predicted octanol–water partition coefficient (Wildman–Crippen LogP) is 3.31.